The Labute approximate surface area is 187 Å². The Morgan fingerprint density at radius 2 is 2.03 bits per heavy atom. The molecule has 31 heavy (non-hydrogen) atoms. The highest BCUT2D eigenvalue weighted by atomic mass is 35.5. The molecule has 0 aliphatic carbocycles. The summed E-state index contributed by atoms with van der Waals surface area (Å²) < 4.78 is 3.57. The number of benzene rings is 1. The summed E-state index contributed by atoms with van der Waals surface area (Å²) in [4.78, 5) is 25.1. The molecule has 164 valence electrons. The van der Waals surface area contributed by atoms with Crippen LogP contribution in [0.2, 0.25) is 0 Å². The van der Waals surface area contributed by atoms with Crippen molar-refractivity contribution in [1.82, 2.24) is 19.1 Å². The van der Waals surface area contributed by atoms with Gasteiger partial charge in [-0.2, -0.15) is 4.98 Å². The normalized spacial score (nSPS) is 17.5. The number of imidazole rings is 1. The number of hydrogen-bond acceptors (Lipinski definition) is 5. The minimum atomic E-state index is -0.0891. The lowest BCUT2D eigenvalue weighted by atomic mass is 10.1. The van der Waals surface area contributed by atoms with Gasteiger partial charge in [-0.15, -0.1) is 0 Å². The third kappa shape index (κ3) is 4.67. The Hall–Kier alpha value is -2.64. The second-order valence-electron chi connectivity index (χ2n) is 8.21. The molecule has 0 bridgehead atoms. The Balaban J connectivity index is 1.76. The summed E-state index contributed by atoms with van der Waals surface area (Å²) in [6.45, 7) is 3.87. The van der Waals surface area contributed by atoms with Crippen molar-refractivity contribution in [2.75, 3.05) is 18.0 Å². The molecule has 0 spiro atoms. The van der Waals surface area contributed by atoms with Crippen molar-refractivity contribution in [3.63, 3.8) is 0 Å². The molecule has 3 heterocycles. The first kappa shape index (κ1) is 21.6. The fraction of sp³-hybridized carbons (Fsp3) is 0.435. The van der Waals surface area contributed by atoms with E-state index in [1.54, 1.807) is 11.6 Å². The van der Waals surface area contributed by atoms with Crippen molar-refractivity contribution in [2.45, 2.75) is 45.2 Å². The molecule has 8 heteroatoms. The first-order valence-corrected chi connectivity index (χ1v) is 11.1. The maximum Gasteiger partial charge on any atom is 0.279 e. The van der Waals surface area contributed by atoms with E-state index in [1.807, 2.05) is 35.8 Å². The highest BCUT2D eigenvalue weighted by Gasteiger charge is 2.25. The minimum Gasteiger partial charge on any atom is -0.341 e. The number of rotatable bonds is 6. The topological polar surface area (TPSA) is 82.0 Å². The van der Waals surface area contributed by atoms with Gasteiger partial charge in [0.1, 0.15) is 5.82 Å². The molecule has 2 N–H and O–H groups in total. The van der Waals surface area contributed by atoms with Crippen LogP contribution in [0.25, 0.3) is 11.2 Å². The van der Waals surface area contributed by atoms with Crippen LogP contribution < -0.4 is 16.2 Å². The SMILES string of the molecule is CC(Cl)=CCn1c(N2CCCC(N)C2)nc2nc(CCc3ccccc3)n(C)c(=O)c21. The van der Waals surface area contributed by atoms with E-state index in [1.165, 1.54) is 5.56 Å². The van der Waals surface area contributed by atoms with Crippen molar-refractivity contribution < 1.29 is 0 Å². The van der Waals surface area contributed by atoms with Crippen LogP contribution in [0.1, 0.15) is 31.2 Å². The second-order valence-corrected chi connectivity index (χ2v) is 8.81. The average molecular weight is 441 g/mol. The van der Waals surface area contributed by atoms with Crippen LogP contribution in [0.4, 0.5) is 5.95 Å². The number of nitrogens with zero attached hydrogens (tertiary/aromatic N) is 5. The van der Waals surface area contributed by atoms with Gasteiger partial charge in [-0.1, -0.05) is 48.0 Å². The van der Waals surface area contributed by atoms with Crippen molar-refractivity contribution in [3.05, 3.63) is 63.2 Å². The maximum absolute atomic E-state index is 13.4. The molecule has 1 saturated heterocycles. The molecule has 1 aliphatic rings. The fourth-order valence-corrected chi connectivity index (χ4v) is 4.21. The highest BCUT2D eigenvalue weighted by Crippen LogP contribution is 2.23. The number of anilines is 1. The van der Waals surface area contributed by atoms with Crippen molar-refractivity contribution in [1.29, 1.82) is 0 Å². The van der Waals surface area contributed by atoms with E-state index in [0.29, 0.717) is 35.7 Å². The van der Waals surface area contributed by atoms with E-state index >= 15 is 0 Å². The minimum absolute atomic E-state index is 0.0891. The van der Waals surface area contributed by atoms with Crippen LogP contribution in [0.3, 0.4) is 0 Å². The summed E-state index contributed by atoms with van der Waals surface area (Å²) in [5.74, 6) is 1.47. The van der Waals surface area contributed by atoms with Crippen molar-refractivity contribution >= 4 is 28.7 Å². The second kappa shape index (κ2) is 9.24. The summed E-state index contributed by atoms with van der Waals surface area (Å²) in [6.07, 6.45) is 5.38. The first-order chi connectivity index (χ1) is 14.9. The zero-order valence-corrected chi connectivity index (χ0v) is 18.8. The molecular weight excluding hydrogens is 412 g/mol. The van der Waals surface area contributed by atoms with Gasteiger partial charge in [-0.25, -0.2) is 4.98 Å². The number of aromatic nitrogens is 4. The van der Waals surface area contributed by atoms with Gasteiger partial charge in [0.05, 0.1) is 0 Å². The zero-order chi connectivity index (χ0) is 22.0. The Morgan fingerprint density at radius 1 is 1.26 bits per heavy atom. The van der Waals surface area contributed by atoms with E-state index in [2.05, 4.69) is 17.0 Å². The molecule has 2 aromatic heterocycles. The molecule has 0 saturated carbocycles. The van der Waals surface area contributed by atoms with Crippen LogP contribution in [0.15, 0.2) is 46.2 Å². The quantitative estimate of drug-likeness (QED) is 0.637. The summed E-state index contributed by atoms with van der Waals surface area (Å²) in [5.41, 5.74) is 8.33. The Kier molecular flexibility index (Phi) is 6.43. The number of nitrogens with two attached hydrogens (primary N) is 1. The lowest BCUT2D eigenvalue weighted by molar-refractivity contribution is 0.495. The van der Waals surface area contributed by atoms with Gasteiger partial charge in [0.25, 0.3) is 5.56 Å². The molecule has 0 radical (unpaired) electrons. The van der Waals surface area contributed by atoms with Crippen LogP contribution in [-0.4, -0.2) is 38.2 Å². The van der Waals surface area contributed by atoms with E-state index in [0.717, 1.165) is 37.6 Å². The van der Waals surface area contributed by atoms with Crippen LogP contribution in [0, 0.1) is 0 Å². The third-order valence-electron chi connectivity index (χ3n) is 5.83. The van der Waals surface area contributed by atoms with Gasteiger partial charge in [0.2, 0.25) is 5.95 Å². The molecular formula is C23H29ClN6O. The van der Waals surface area contributed by atoms with E-state index in [9.17, 15) is 4.79 Å². The maximum atomic E-state index is 13.4. The van der Waals surface area contributed by atoms with E-state index in [-0.39, 0.29) is 11.6 Å². The van der Waals surface area contributed by atoms with Crippen molar-refractivity contribution in [3.8, 4) is 0 Å². The number of aryl methyl sites for hydroxylation is 2. The monoisotopic (exact) mass is 440 g/mol. The van der Waals surface area contributed by atoms with Crippen molar-refractivity contribution in [2.24, 2.45) is 12.8 Å². The summed E-state index contributed by atoms with van der Waals surface area (Å²) in [5, 5.41) is 0.674. The number of halogens is 1. The third-order valence-corrected chi connectivity index (χ3v) is 5.99. The Morgan fingerprint density at radius 3 is 2.74 bits per heavy atom. The number of piperidine rings is 1. The molecule has 1 aromatic carbocycles. The van der Waals surface area contributed by atoms with E-state index in [4.69, 9.17) is 27.3 Å². The highest BCUT2D eigenvalue weighted by molar-refractivity contribution is 6.29. The standard InChI is InChI=1S/C23H29ClN6O/c1-16(24)12-14-30-20-21(27-23(30)29-13-6-9-18(25)15-29)26-19(28(2)22(20)31)11-10-17-7-4-3-5-8-17/h3-5,7-8,12,18H,6,9-11,13-15,25H2,1-2H3. The van der Waals surface area contributed by atoms with Gasteiger partial charge in [-0.05, 0) is 31.7 Å². The van der Waals surface area contributed by atoms with Crippen LogP contribution in [0.5, 0.6) is 0 Å². The number of allylic oxidation sites excluding steroid dienone is 2. The molecule has 0 amide bonds. The van der Waals surface area contributed by atoms with Gasteiger partial charge < -0.3 is 15.2 Å². The van der Waals surface area contributed by atoms with E-state index < -0.39 is 0 Å². The molecule has 1 atom stereocenters. The predicted molar refractivity (Wildman–Crippen MR) is 126 cm³/mol. The van der Waals surface area contributed by atoms with Gasteiger partial charge in [0.15, 0.2) is 11.2 Å². The smallest absolute Gasteiger partial charge is 0.279 e. The molecule has 1 aliphatic heterocycles. The van der Waals surface area contributed by atoms with Gasteiger partial charge in [0, 0.05) is 44.2 Å². The lowest BCUT2D eigenvalue weighted by Crippen LogP contribution is -2.44. The number of hydrogen-bond donors (Lipinski definition) is 1. The molecule has 7 nitrogen and oxygen atoms in total. The predicted octanol–water partition coefficient (Wildman–Crippen LogP) is 2.99. The van der Waals surface area contributed by atoms with Gasteiger partial charge >= 0.3 is 0 Å². The molecule has 3 aromatic rings. The zero-order valence-electron chi connectivity index (χ0n) is 18.1. The van der Waals surface area contributed by atoms with Crippen LogP contribution in [-0.2, 0) is 26.4 Å². The average Bonchev–Trinajstić information content (AvgIpc) is 3.13. The summed E-state index contributed by atoms with van der Waals surface area (Å²) in [6, 6.07) is 10.3. The molecule has 1 fully saturated rings. The molecule has 1 unspecified atom stereocenters. The largest absolute Gasteiger partial charge is 0.341 e. The first-order valence-electron chi connectivity index (χ1n) is 10.8. The number of fused-ring (bicyclic) bond motifs is 1. The Bertz CT molecular complexity index is 1150. The summed E-state index contributed by atoms with van der Waals surface area (Å²) >= 11 is 6.10. The fourth-order valence-electron chi connectivity index (χ4n) is 4.14. The lowest BCUT2D eigenvalue weighted by Gasteiger charge is -2.31. The summed E-state index contributed by atoms with van der Waals surface area (Å²) in [7, 11) is 1.78. The van der Waals surface area contributed by atoms with Crippen LogP contribution >= 0.6 is 11.6 Å². The van der Waals surface area contributed by atoms with Gasteiger partial charge in [-0.3, -0.25) is 9.36 Å². The molecule has 4 rings (SSSR count).